The highest BCUT2D eigenvalue weighted by molar-refractivity contribution is 6.11. The van der Waals surface area contributed by atoms with Gasteiger partial charge in [0.2, 0.25) is 0 Å². The van der Waals surface area contributed by atoms with Crippen LogP contribution in [0.15, 0.2) is 36.4 Å². The van der Waals surface area contributed by atoms with Crippen molar-refractivity contribution < 1.29 is 18.9 Å². The SMILES string of the molecule is c1cc2c(OC3CCCCC3)c3cc(OC4CCCCC4)ccc3c(OC3CCCCC3)c2cc1OC1CCCCC1. The summed E-state index contributed by atoms with van der Waals surface area (Å²) in [6.07, 6.45) is 25.6. The maximum atomic E-state index is 7.01. The number of hydrogen-bond acceptors (Lipinski definition) is 4. The van der Waals surface area contributed by atoms with Crippen molar-refractivity contribution in [3.8, 4) is 23.0 Å². The summed E-state index contributed by atoms with van der Waals surface area (Å²) in [6, 6.07) is 13.3. The molecule has 0 aromatic heterocycles. The standard InChI is InChI=1S/C38H50O4/c1-5-13-27(14-6-1)39-31-21-23-33-35(25-31)37(41-29-17-9-3-10-18-29)34-24-22-32(40-28-15-7-2-8-16-28)26-36(34)38(33)42-30-19-11-4-12-20-30/h21-30H,1-20H2. The van der Waals surface area contributed by atoms with Crippen LogP contribution in [0.3, 0.4) is 0 Å². The van der Waals surface area contributed by atoms with Crippen LogP contribution in [-0.2, 0) is 0 Å². The molecule has 4 aliphatic rings. The monoisotopic (exact) mass is 570 g/mol. The Hall–Kier alpha value is -2.62. The molecule has 0 N–H and O–H groups in total. The largest absolute Gasteiger partial charge is 0.490 e. The molecule has 42 heavy (non-hydrogen) atoms. The number of fused-ring (bicyclic) bond motifs is 2. The van der Waals surface area contributed by atoms with E-state index in [4.69, 9.17) is 18.9 Å². The molecule has 0 aliphatic heterocycles. The summed E-state index contributed by atoms with van der Waals surface area (Å²) in [6.45, 7) is 0. The average molecular weight is 571 g/mol. The molecule has 0 heterocycles. The minimum absolute atomic E-state index is 0.261. The lowest BCUT2D eigenvalue weighted by Gasteiger charge is -2.29. The molecule has 7 rings (SSSR count). The number of benzene rings is 3. The Morgan fingerprint density at radius 1 is 0.333 bits per heavy atom. The summed E-state index contributed by atoms with van der Waals surface area (Å²) >= 11 is 0. The molecule has 4 nitrogen and oxygen atoms in total. The Labute approximate surface area is 252 Å². The zero-order chi connectivity index (χ0) is 28.1. The fourth-order valence-electron chi connectivity index (χ4n) is 7.96. The third-order valence-electron chi connectivity index (χ3n) is 10.3. The summed E-state index contributed by atoms with van der Waals surface area (Å²) in [4.78, 5) is 0. The van der Waals surface area contributed by atoms with E-state index in [2.05, 4.69) is 36.4 Å². The van der Waals surface area contributed by atoms with Crippen LogP contribution in [0.2, 0.25) is 0 Å². The van der Waals surface area contributed by atoms with E-state index in [0.717, 1.165) is 95.9 Å². The summed E-state index contributed by atoms with van der Waals surface area (Å²) < 4.78 is 27.2. The Balaban J connectivity index is 1.34. The van der Waals surface area contributed by atoms with Crippen molar-refractivity contribution in [2.24, 2.45) is 0 Å². The molecule has 0 unspecified atom stereocenters. The van der Waals surface area contributed by atoms with Gasteiger partial charge in [0.05, 0.1) is 24.4 Å². The van der Waals surface area contributed by atoms with Crippen molar-refractivity contribution in [1.82, 2.24) is 0 Å². The Kier molecular flexibility index (Phi) is 8.95. The lowest BCUT2D eigenvalue weighted by molar-refractivity contribution is 0.152. The maximum absolute atomic E-state index is 7.01. The third-order valence-corrected chi connectivity index (χ3v) is 10.3. The first-order valence-corrected chi connectivity index (χ1v) is 17.5. The first-order chi connectivity index (χ1) is 20.8. The van der Waals surface area contributed by atoms with Gasteiger partial charge in [-0.1, -0.05) is 25.7 Å². The zero-order valence-corrected chi connectivity index (χ0v) is 25.5. The van der Waals surface area contributed by atoms with E-state index < -0.39 is 0 Å². The smallest absolute Gasteiger partial charge is 0.135 e. The van der Waals surface area contributed by atoms with Crippen LogP contribution in [0.25, 0.3) is 21.5 Å². The van der Waals surface area contributed by atoms with Crippen LogP contribution in [0.5, 0.6) is 23.0 Å². The highest BCUT2D eigenvalue weighted by atomic mass is 16.5. The summed E-state index contributed by atoms with van der Waals surface area (Å²) in [5, 5.41) is 4.55. The quantitative estimate of drug-likeness (QED) is 0.252. The van der Waals surface area contributed by atoms with E-state index in [1.165, 1.54) is 77.0 Å². The molecule has 3 aromatic carbocycles. The van der Waals surface area contributed by atoms with Gasteiger partial charge in [-0.2, -0.15) is 0 Å². The molecule has 3 aromatic rings. The van der Waals surface area contributed by atoms with Gasteiger partial charge < -0.3 is 18.9 Å². The van der Waals surface area contributed by atoms with Crippen molar-refractivity contribution in [2.75, 3.05) is 0 Å². The average Bonchev–Trinajstić information content (AvgIpc) is 3.04. The highest BCUT2D eigenvalue weighted by Crippen LogP contribution is 2.47. The lowest BCUT2D eigenvalue weighted by atomic mass is 9.95. The molecular weight excluding hydrogens is 520 g/mol. The highest BCUT2D eigenvalue weighted by Gasteiger charge is 2.25. The Morgan fingerprint density at radius 2 is 0.643 bits per heavy atom. The number of hydrogen-bond donors (Lipinski definition) is 0. The minimum Gasteiger partial charge on any atom is -0.490 e. The molecule has 4 fully saturated rings. The van der Waals surface area contributed by atoms with E-state index in [1.807, 2.05) is 0 Å². The van der Waals surface area contributed by atoms with Crippen molar-refractivity contribution in [2.45, 2.75) is 153 Å². The molecule has 0 radical (unpaired) electrons. The molecule has 0 saturated heterocycles. The number of rotatable bonds is 8. The molecule has 0 spiro atoms. The molecule has 226 valence electrons. The Bertz CT molecular complexity index is 1220. The van der Waals surface area contributed by atoms with Crippen molar-refractivity contribution >= 4 is 21.5 Å². The molecule has 4 aliphatic carbocycles. The van der Waals surface area contributed by atoms with Gasteiger partial charge in [-0.05, 0) is 139 Å². The molecule has 0 bridgehead atoms. The van der Waals surface area contributed by atoms with E-state index in [-0.39, 0.29) is 12.2 Å². The summed E-state index contributed by atoms with van der Waals surface area (Å²) in [5.41, 5.74) is 0. The normalized spacial score (nSPS) is 21.9. The van der Waals surface area contributed by atoms with Crippen molar-refractivity contribution in [1.29, 1.82) is 0 Å². The molecule has 4 heteroatoms. The molecule has 0 amide bonds. The predicted octanol–water partition coefficient (Wildman–Crippen LogP) is 10.8. The van der Waals surface area contributed by atoms with Gasteiger partial charge in [-0.15, -0.1) is 0 Å². The van der Waals surface area contributed by atoms with Crippen LogP contribution in [-0.4, -0.2) is 24.4 Å². The van der Waals surface area contributed by atoms with Gasteiger partial charge in [0.25, 0.3) is 0 Å². The molecular formula is C38H50O4. The van der Waals surface area contributed by atoms with Gasteiger partial charge in [-0.3, -0.25) is 0 Å². The second-order valence-corrected chi connectivity index (χ2v) is 13.6. The second-order valence-electron chi connectivity index (χ2n) is 13.6. The molecule has 4 saturated carbocycles. The van der Waals surface area contributed by atoms with Crippen molar-refractivity contribution in [3.63, 3.8) is 0 Å². The minimum atomic E-state index is 0.261. The van der Waals surface area contributed by atoms with Gasteiger partial charge in [-0.25, -0.2) is 0 Å². The zero-order valence-electron chi connectivity index (χ0n) is 25.5. The van der Waals surface area contributed by atoms with Crippen molar-refractivity contribution in [3.05, 3.63) is 36.4 Å². The van der Waals surface area contributed by atoms with Crippen LogP contribution in [0, 0.1) is 0 Å². The molecule has 0 atom stereocenters. The Morgan fingerprint density at radius 3 is 0.976 bits per heavy atom. The maximum Gasteiger partial charge on any atom is 0.135 e. The second kappa shape index (κ2) is 13.3. The van der Waals surface area contributed by atoms with Gasteiger partial charge in [0.15, 0.2) is 0 Å². The fraction of sp³-hybridized carbons (Fsp3) is 0.632. The third kappa shape index (κ3) is 6.48. The van der Waals surface area contributed by atoms with E-state index in [0.29, 0.717) is 12.2 Å². The van der Waals surface area contributed by atoms with Crippen LogP contribution in [0.1, 0.15) is 128 Å². The fourth-order valence-corrected chi connectivity index (χ4v) is 7.96. The van der Waals surface area contributed by atoms with Gasteiger partial charge in [0.1, 0.15) is 23.0 Å². The van der Waals surface area contributed by atoms with E-state index in [9.17, 15) is 0 Å². The topological polar surface area (TPSA) is 36.9 Å². The first kappa shape index (κ1) is 28.2. The lowest BCUT2D eigenvalue weighted by Crippen LogP contribution is -2.21. The predicted molar refractivity (Wildman–Crippen MR) is 171 cm³/mol. The van der Waals surface area contributed by atoms with Crippen LogP contribution < -0.4 is 18.9 Å². The van der Waals surface area contributed by atoms with E-state index >= 15 is 0 Å². The van der Waals surface area contributed by atoms with Crippen LogP contribution in [0.4, 0.5) is 0 Å². The summed E-state index contributed by atoms with van der Waals surface area (Å²) in [7, 11) is 0. The first-order valence-electron chi connectivity index (χ1n) is 17.5. The summed E-state index contributed by atoms with van der Waals surface area (Å²) in [5.74, 6) is 3.92. The van der Waals surface area contributed by atoms with E-state index in [1.54, 1.807) is 0 Å². The van der Waals surface area contributed by atoms with Gasteiger partial charge in [0, 0.05) is 21.5 Å². The number of ether oxygens (including phenoxy) is 4. The van der Waals surface area contributed by atoms with Gasteiger partial charge >= 0.3 is 0 Å². The van der Waals surface area contributed by atoms with Crippen LogP contribution >= 0.6 is 0 Å².